The van der Waals surface area contributed by atoms with E-state index in [9.17, 15) is 0 Å². The van der Waals surface area contributed by atoms with Crippen molar-refractivity contribution in [1.82, 2.24) is 14.5 Å². The highest BCUT2D eigenvalue weighted by Crippen LogP contribution is 2.45. The summed E-state index contributed by atoms with van der Waals surface area (Å²) >= 11 is 0. The maximum absolute atomic E-state index is 6.54. The van der Waals surface area contributed by atoms with Crippen LogP contribution in [0.5, 0.6) is 0 Å². The normalized spacial score (nSPS) is 12.1. The van der Waals surface area contributed by atoms with Gasteiger partial charge in [0.05, 0.1) is 56.0 Å². The number of para-hydroxylation sites is 2. The monoisotopic (exact) mass is 677 g/mol. The van der Waals surface area contributed by atoms with Gasteiger partial charge in [0.2, 0.25) is 0 Å². The molecule has 0 N–H and O–H groups in total. The molecule has 7 aromatic carbocycles. The third-order valence-corrected chi connectivity index (χ3v) is 10.3. The summed E-state index contributed by atoms with van der Waals surface area (Å²) in [4.78, 5) is 9.31. The molecule has 0 amide bonds. The van der Waals surface area contributed by atoms with E-state index < -0.39 is 10.3 Å². The Hall–Kier alpha value is -6.00. The zero-order valence-corrected chi connectivity index (χ0v) is 29.4. The second-order valence-electron chi connectivity index (χ2n) is 13.8. The molecule has 242 valence electrons. The molecule has 0 aliphatic heterocycles. The summed E-state index contributed by atoms with van der Waals surface area (Å²) < 4.78 is 1.88. The van der Waals surface area contributed by atoms with Crippen molar-refractivity contribution in [3.63, 3.8) is 0 Å². The summed E-state index contributed by atoms with van der Waals surface area (Å²) in [5.41, 5.74) is 11.0. The maximum Gasteiger partial charge on any atom is 0.101 e. The van der Waals surface area contributed by atoms with Crippen molar-refractivity contribution in [2.75, 3.05) is 0 Å². The molecule has 2 heterocycles. The molecule has 0 aliphatic rings. The number of imidazole rings is 1. The van der Waals surface area contributed by atoms with E-state index in [-0.39, 0.29) is 5.82 Å². The standard InChI is InChI=1S/C46H28B5N3/c47-45(48,46(49,50)51)44-53-40-20-5-6-21-41(40)54(44)34-14-10-12-32(28-34)31-11-9-13-33(27-31)43-37-17-3-1-15-35(37)42(36-16-2-4-18-38(36)43)30-24-22-29(23-25-30)39-19-7-8-26-52-39/h1-28H. The average molecular weight is 677 g/mol. The van der Waals surface area contributed by atoms with Gasteiger partial charge in [0.15, 0.2) is 0 Å². The molecule has 0 aliphatic carbocycles. The van der Waals surface area contributed by atoms with Gasteiger partial charge in [0.1, 0.15) is 5.82 Å². The fourth-order valence-corrected chi connectivity index (χ4v) is 7.53. The van der Waals surface area contributed by atoms with Crippen LogP contribution in [-0.4, -0.2) is 53.8 Å². The number of benzene rings is 7. The Morgan fingerprint density at radius 2 is 0.981 bits per heavy atom. The van der Waals surface area contributed by atoms with E-state index in [1.165, 1.54) is 32.7 Å². The van der Waals surface area contributed by atoms with Crippen molar-refractivity contribution < 1.29 is 0 Å². The molecule has 0 bridgehead atoms. The molecule has 9 aromatic rings. The highest BCUT2D eigenvalue weighted by atomic mass is 15.1. The minimum atomic E-state index is -1.94. The van der Waals surface area contributed by atoms with Gasteiger partial charge in [-0.15, -0.1) is 5.11 Å². The van der Waals surface area contributed by atoms with Crippen LogP contribution in [0.4, 0.5) is 0 Å². The first-order valence-electron chi connectivity index (χ1n) is 17.8. The molecule has 0 unspecified atom stereocenters. The summed E-state index contributed by atoms with van der Waals surface area (Å²) in [6, 6.07) is 56.6. The van der Waals surface area contributed by atoms with Gasteiger partial charge in [-0.1, -0.05) is 127 Å². The molecule has 0 saturated heterocycles. The molecule has 3 nitrogen and oxygen atoms in total. The molecule has 0 atom stereocenters. The number of rotatable bonds is 7. The van der Waals surface area contributed by atoms with Gasteiger partial charge in [0.25, 0.3) is 0 Å². The molecule has 54 heavy (non-hydrogen) atoms. The van der Waals surface area contributed by atoms with Crippen LogP contribution < -0.4 is 0 Å². The second-order valence-corrected chi connectivity index (χ2v) is 13.8. The first kappa shape index (κ1) is 33.8. The number of fused-ring (bicyclic) bond motifs is 3. The zero-order chi connectivity index (χ0) is 37.0. The van der Waals surface area contributed by atoms with Crippen LogP contribution in [0.1, 0.15) is 5.82 Å². The summed E-state index contributed by atoms with van der Waals surface area (Å²) in [6.45, 7) is 0. The topological polar surface area (TPSA) is 30.7 Å². The number of hydrogen-bond donors (Lipinski definition) is 0. The Balaban J connectivity index is 1.19. The maximum atomic E-state index is 6.54. The quantitative estimate of drug-likeness (QED) is 0.124. The molecule has 0 spiro atoms. The van der Waals surface area contributed by atoms with E-state index in [0.717, 1.165) is 44.7 Å². The molecule has 9 rings (SSSR count). The van der Waals surface area contributed by atoms with E-state index in [2.05, 4.69) is 114 Å². The number of hydrogen-bond acceptors (Lipinski definition) is 2. The lowest BCUT2D eigenvalue weighted by atomic mass is 9.23. The van der Waals surface area contributed by atoms with Gasteiger partial charge >= 0.3 is 0 Å². The predicted molar refractivity (Wildman–Crippen MR) is 229 cm³/mol. The van der Waals surface area contributed by atoms with Gasteiger partial charge in [-0.25, -0.2) is 4.98 Å². The molecular weight excluding hydrogens is 649 g/mol. The first-order chi connectivity index (χ1) is 26.2. The lowest BCUT2D eigenvalue weighted by Crippen LogP contribution is -2.45. The summed E-state index contributed by atoms with van der Waals surface area (Å²) in [5.74, 6) is 0.256. The van der Waals surface area contributed by atoms with Gasteiger partial charge < -0.3 is 0 Å². The van der Waals surface area contributed by atoms with E-state index in [4.69, 9.17) is 44.2 Å². The minimum Gasteiger partial charge on any atom is -0.297 e. The van der Waals surface area contributed by atoms with Crippen LogP contribution in [0.2, 0.25) is 5.11 Å². The smallest absolute Gasteiger partial charge is 0.101 e. The predicted octanol–water partition coefficient (Wildman–Crippen LogP) is 9.46. The summed E-state index contributed by atoms with van der Waals surface area (Å²) in [5, 5.41) is 0.936. The minimum absolute atomic E-state index is 0.256. The van der Waals surface area contributed by atoms with Crippen molar-refractivity contribution in [3.8, 4) is 50.3 Å². The Morgan fingerprint density at radius 1 is 0.444 bits per heavy atom. The van der Waals surface area contributed by atoms with E-state index in [1.54, 1.807) is 0 Å². The third-order valence-electron chi connectivity index (χ3n) is 10.3. The van der Waals surface area contributed by atoms with Gasteiger partial charge in [-0.05, 0) is 97.4 Å². The number of pyridine rings is 1. The molecule has 0 saturated carbocycles. The van der Waals surface area contributed by atoms with Crippen LogP contribution in [-0.2, 0) is 5.21 Å². The SMILES string of the molecule is [B]C([B])([B])C([B])([B])c1nc2ccccc2n1-c1cccc(-c2cccc(-c3c4ccccc4c(-c4ccc(-c5ccccn5)cc4)c4ccccc34)c2)c1. The number of aromatic nitrogens is 3. The molecule has 0 fully saturated rings. The summed E-state index contributed by atoms with van der Waals surface area (Å²) in [7, 11) is 31.4. The zero-order valence-electron chi connectivity index (χ0n) is 29.4. The Bertz CT molecular complexity index is 2780. The van der Waals surface area contributed by atoms with E-state index >= 15 is 0 Å². The Morgan fingerprint density at radius 3 is 1.61 bits per heavy atom. The average Bonchev–Trinajstić information content (AvgIpc) is 3.61. The van der Waals surface area contributed by atoms with E-state index in [1.807, 2.05) is 65.4 Å². The molecule has 8 heteroatoms. The van der Waals surface area contributed by atoms with Crippen LogP contribution in [0.25, 0.3) is 82.9 Å². The van der Waals surface area contributed by atoms with Crippen molar-refractivity contribution in [2.24, 2.45) is 0 Å². The third kappa shape index (κ3) is 5.69. The van der Waals surface area contributed by atoms with Crippen molar-refractivity contribution >= 4 is 71.8 Å². The highest BCUT2D eigenvalue weighted by molar-refractivity contribution is 6.67. The fourth-order valence-electron chi connectivity index (χ4n) is 7.53. The van der Waals surface area contributed by atoms with Crippen LogP contribution in [0.15, 0.2) is 170 Å². The van der Waals surface area contributed by atoms with Crippen LogP contribution in [0.3, 0.4) is 0 Å². The molecule has 2 aromatic heterocycles. The fraction of sp³-hybridized carbons (Fsp3) is 0.0435. The van der Waals surface area contributed by atoms with Gasteiger partial charge in [-0.2, -0.15) is 0 Å². The van der Waals surface area contributed by atoms with Gasteiger partial charge in [-0.3, -0.25) is 9.55 Å². The lowest BCUT2D eigenvalue weighted by Gasteiger charge is -2.41. The van der Waals surface area contributed by atoms with Crippen LogP contribution in [0, 0.1) is 0 Å². The number of nitrogens with zero attached hydrogens (tertiary/aromatic N) is 3. The lowest BCUT2D eigenvalue weighted by molar-refractivity contribution is 0.757. The van der Waals surface area contributed by atoms with Crippen LogP contribution >= 0.6 is 0 Å². The van der Waals surface area contributed by atoms with Crippen molar-refractivity contribution in [2.45, 2.75) is 10.3 Å². The largest absolute Gasteiger partial charge is 0.297 e. The van der Waals surface area contributed by atoms with Crippen molar-refractivity contribution in [3.05, 3.63) is 176 Å². The highest BCUT2D eigenvalue weighted by Gasteiger charge is 2.36. The van der Waals surface area contributed by atoms with E-state index in [0.29, 0.717) is 5.52 Å². The first-order valence-corrected chi connectivity index (χ1v) is 17.8. The molecule has 10 radical (unpaired) electrons. The summed E-state index contributed by atoms with van der Waals surface area (Å²) in [6.07, 6.45) is 1.83. The Labute approximate surface area is 321 Å². The Kier molecular flexibility index (Phi) is 8.23. The molecular formula is C46H28B5N3. The van der Waals surface area contributed by atoms with Crippen molar-refractivity contribution in [1.29, 1.82) is 0 Å². The second kappa shape index (κ2) is 13.1. The van der Waals surface area contributed by atoms with Gasteiger partial charge in [0, 0.05) is 17.4 Å².